The van der Waals surface area contributed by atoms with E-state index in [1.165, 1.54) is 6.07 Å². The quantitative estimate of drug-likeness (QED) is 0.780. The summed E-state index contributed by atoms with van der Waals surface area (Å²) in [6.07, 6.45) is 0. The number of rotatable bonds is 1. The second kappa shape index (κ2) is 3.56. The Labute approximate surface area is 102 Å². The molecule has 1 aliphatic heterocycles. The molecule has 0 bridgehead atoms. The molecular weight excluding hydrogens is 234 g/mol. The van der Waals surface area contributed by atoms with E-state index in [1.54, 1.807) is 16.7 Å². The minimum atomic E-state index is -1.07. The smallest absolute Gasteiger partial charge is 0.354 e. The SMILES string of the molecule is C[C@H]1Cn2c(cc3ccc(C(=O)O)nc32)C(=O)N1. The van der Waals surface area contributed by atoms with Crippen molar-refractivity contribution in [2.75, 3.05) is 0 Å². The molecule has 0 aromatic carbocycles. The monoisotopic (exact) mass is 245 g/mol. The van der Waals surface area contributed by atoms with Gasteiger partial charge in [-0.25, -0.2) is 9.78 Å². The molecule has 6 heteroatoms. The van der Waals surface area contributed by atoms with Crippen molar-refractivity contribution in [1.29, 1.82) is 0 Å². The van der Waals surface area contributed by atoms with Gasteiger partial charge in [0.1, 0.15) is 11.3 Å². The summed E-state index contributed by atoms with van der Waals surface area (Å²) < 4.78 is 1.77. The lowest BCUT2D eigenvalue weighted by Crippen LogP contribution is -2.42. The Morgan fingerprint density at radius 1 is 1.56 bits per heavy atom. The molecule has 1 atom stereocenters. The van der Waals surface area contributed by atoms with E-state index < -0.39 is 5.97 Å². The minimum Gasteiger partial charge on any atom is -0.477 e. The Morgan fingerprint density at radius 3 is 3.06 bits per heavy atom. The highest BCUT2D eigenvalue weighted by molar-refractivity contribution is 5.99. The lowest BCUT2D eigenvalue weighted by molar-refractivity contribution is 0.0690. The van der Waals surface area contributed by atoms with E-state index >= 15 is 0 Å². The van der Waals surface area contributed by atoms with E-state index in [2.05, 4.69) is 10.3 Å². The predicted octanol–water partition coefficient (Wildman–Crippen LogP) is 0.866. The molecule has 92 valence electrons. The van der Waals surface area contributed by atoms with Gasteiger partial charge in [0.25, 0.3) is 5.91 Å². The van der Waals surface area contributed by atoms with E-state index in [1.807, 2.05) is 6.92 Å². The summed E-state index contributed by atoms with van der Waals surface area (Å²) in [5, 5.41) is 12.5. The third-order valence-corrected chi connectivity index (χ3v) is 3.03. The van der Waals surface area contributed by atoms with Crippen LogP contribution in [0.3, 0.4) is 0 Å². The zero-order valence-corrected chi connectivity index (χ0v) is 9.67. The fourth-order valence-electron chi connectivity index (χ4n) is 2.24. The number of fused-ring (bicyclic) bond motifs is 3. The van der Waals surface area contributed by atoms with E-state index in [-0.39, 0.29) is 17.6 Å². The van der Waals surface area contributed by atoms with E-state index in [0.29, 0.717) is 17.9 Å². The third-order valence-electron chi connectivity index (χ3n) is 3.03. The fourth-order valence-corrected chi connectivity index (χ4v) is 2.24. The van der Waals surface area contributed by atoms with Gasteiger partial charge in [0.2, 0.25) is 0 Å². The maximum absolute atomic E-state index is 11.8. The first-order valence-corrected chi connectivity index (χ1v) is 5.60. The molecule has 0 aliphatic carbocycles. The van der Waals surface area contributed by atoms with Crippen LogP contribution < -0.4 is 5.32 Å². The summed E-state index contributed by atoms with van der Waals surface area (Å²) in [6.45, 7) is 2.49. The number of aromatic nitrogens is 2. The van der Waals surface area contributed by atoms with Gasteiger partial charge in [0.15, 0.2) is 5.69 Å². The van der Waals surface area contributed by atoms with Crippen LogP contribution in [0.2, 0.25) is 0 Å². The van der Waals surface area contributed by atoms with Crippen LogP contribution in [0.25, 0.3) is 11.0 Å². The van der Waals surface area contributed by atoms with Gasteiger partial charge in [-0.2, -0.15) is 0 Å². The van der Waals surface area contributed by atoms with Crippen molar-refractivity contribution in [3.05, 3.63) is 29.6 Å². The van der Waals surface area contributed by atoms with E-state index in [9.17, 15) is 9.59 Å². The van der Waals surface area contributed by atoms with Crippen molar-refractivity contribution in [3.8, 4) is 0 Å². The van der Waals surface area contributed by atoms with Crippen LogP contribution in [0.15, 0.2) is 18.2 Å². The maximum atomic E-state index is 11.8. The summed E-state index contributed by atoms with van der Waals surface area (Å²) in [5.74, 6) is -1.22. The zero-order chi connectivity index (χ0) is 12.9. The Morgan fingerprint density at radius 2 is 2.33 bits per heavy atom. The predicted molar refractivity (Wildman–Crippen MR) is 63.6 cm³/mol. The highest BCUT2D eigenvalue weighted by Crippen LogP contribution is 2.21. The van der Waals surface area contributed by atoms with Gasteiger partial charge >= 0.3 is 5.97 Å². The minimum absolute atomic E-state index is 0.0101. The number of aromatic carboxylic acids is 1. The second-order valence-electron chi connectivity index (χ2n) is 4.43. The molecule has 1 amide bonds. The number of nitrogens with one attached hydrogen (secondary N) is 1. The second-order valence-corrected chi connectivity index (χ2v) is 4.43. The standard InChI is InChI=1S/C12H11N3O3/c1-6-5-15-9(11(16)13-6)4-7-2-3-8(12(17)18)14-10(7)15/h2-4,6H,5H2,1H3,(H,13,16)(H,17,18)/t6-/m0/s1. The van der Waals surface area contributed by atoms with Gasteiger partial charge in [-0.3, -0.25) is 4.79 Å². The van der Waals surface area contributed by atoms with Crippen LogP contribution in [0.1, 0.15) is 27.9 Å². The number of pyridine rings is 1. The molecule has 6 nitrogen and oxygen atoms in total. The topological polar surface area (TPSA) is 84.2 Å². The first kappa shape index (κ1) is 10.8. The van der Waals surface area contributed by atoms with Crippen LogP contribution in [0.5, 0.6) is 0 Å². The molecular formula is C12H11N3O3. The Bertz CT molecular complexity index is 675. The summed E-state index contributed by atoms with van der Waals surface area (Å²) in [6, 6.07) is 4.86. The van der Waals surface area contributed by atoms with E-state index in [4.69, 9.17) is 5.11 Å². The number of carbonyl (C=O) groups is 2. The van der Waals surface area contributed by atoms with Crippen LogP contribution in [-0.2, 0) is 6.54 Å². The van der Waals surface area contributed by atoms with Crippen molar-refractivity contribution >= 4 is 22.9 Å². The summed E-state index contributed by atoms with van der Waals surface area (Å²) >= 11 is 0. The number of nitrogens with zero attached hydrogens (tertiary/aromatic N) is 2. The molecule has 0 spiro atoms. The van der Waals surface area contributed by atoms with Gasteiger partial charge in [-0.15, -0.1) is 0 Å². The van der Waals surface area contributed by atoms with Crippen LogP contribution in [0, 0.1) is 0 Å². The number of carboxylic acid groups (broad SMARTS) is 1. The molecule has 3 rings (SSSR count). The first-order valence-electron chi connectivity index (χ1n) is 5.60. The molecule has 1 aliphatic rings. The molecule has 2 aromatic heterocycles. The molecule has 2 aromatic rings. The number of amides is 1. The summed E-state index contributed by atoms with van der Waals surface area (Å²) in [4.78, 5) is 26.8. The number of hydrogen-bond donors (Lipinski definition) is 2. The fraction of sp³-hybridized carbons (Fsp3) is 0.250. The molecule has 18 heavy (non-hydrogen) atoms. The van der Waals surface area contributed by atoms with Crippen molar-refractivity contribution in [2.24, 2.45) is 0 Å². The average Bonchev–Trinajstić information content (AvgIpc) is 2.67. The van der Waals surface area contributed by atoms with Crippen molar-refractivity contribution < 1.29 is 14.7 Å². The highest BCUT2D eigenvalue weighted by atomic mass is 16.4. The number of carbonyl (C=O) groups excluding carboxylic acids is 1. The first-order chi connectivity index (χ1) is 8.56. The van der Waals surface area contributed by atoms with Crippen molar-refractivity contribution in [1.82, 2.24) is 14.9 Å². The normalized spacial score (nSPS) is 18.5. The largest absolute Gasteiger partial charge is 0.477 e. The van der Waals surface area contributed by atoms with Gasteiger partial charge in [0, 0.05) is 18.0 Å². The number of hydrogen-bond acceptors (Lipinski definition) is 3. The molecule has 3 heterocycles. The van der Waals surface area contributed by atoms with Crippen LogP contribution >= 0.6 is 0 Å². The molecule has 0 unspecified atom stereocenters. The lowest BCUT2D eigenvalue weighted by Gasteiger charge is -2.22. The Kier molecular flexibility index (Phi) is 2.13. The Balaban J connectivity index is 2.26. The molecule has 0 fully saturated rings. The molecule has 0 saturated carbocycles. The van der Waals surface area contributed by atoms with Crippen molar-refractivity contribution in [2.45, 2.75) is 19.5 Å². The van der Waals surface area contributed by atoms with E-state index in [0.717, 1.165) is 5.39 Å². The van der Waals surface area contributed by atoms with Crippen LogP contribution in [-0.4, -0.2) is 32.6 Å². The Hall–Kier alpha value is -2.37. The lowest BCUT2D eigenvalue weighted by atomic mass is 10.2. The molecule has 2 N–H and O–H groups in total. The zero-order valence-electron chi connectivity index (χ0n) is 9.67. The highest BCUT2D eigenvalue weighted by Gasteiger charge is 2.24. The third kappa shape index (κ3) is 1.46. The summed E-state index contributed by atoms with van der Waals surface area (Å²) in [7, 11) is 0. The van der Waals surface area contributed by atoms with Gasteiger partial charge in [0.05, 0.1) is 0 Å². The van der Waals surface area contributed by atoms with Crippen LogP contribution in [0.4, 0.5) is 0 Å². The summed E-state index contributed by atoms with van der Waals surface area (Å²) in [5.41, 5.74) is 1.06. The van der Waals surface area contributed by atoms with Gasteiger partial charge < -0.3 is 15.0 Å². The molecule has 0 radical (unpaired) electrons. The van der Waals surface area contributed by atoms with Gasteiger partial charge in [-0.05, 0) is 25.1 Å². The maximum Gasteiger partial charge on any atom is 0.354 e. The van der Waals surface area contributed by atoms with Gasteiger partial charge in [-0.1, -0.05) is 0 Å². The van der Waals surface area contributed by atoms with Crippen molar-refractivity contribution in [3.63, 3.8) is 0 Å². The molecule has 0 saturated heterocycles. The average molecular weight is 245 g/mol. The number of carboxylic acids is 1.